The molecule has 1 atom stereocenters. The summed E-state index contributed by atoms with van der Waals surface area (Å²) in [6, 6.07) is 0.193. The number of piperidine rings is 2. The first kappa shape index (κ1) is 16.3. The molecule has 2 aliphatic rings. The maximum atomic E-state index is 12.2. The summed E-state index contributed by atoms with van der Waals surface area (Å²) < 4.78 is 0. The predicted octanol–water partition coefficient (Wildman–Crippen LogP) is 1.28. The molecule has 2 amide bonds. The van der Waals surface area contributed by atoms with Crippen LogP contribution < -0.4 is 10.6 Å². The van der Waals surface area contributed by atoms with Gasteiger partial charge in [-0.15, -0.1) is 0 Å². The van der Waals surface area contributed by atoms with E-state index in [4.69, 9.17) is 0 Å². The number of nitrogens with one attached hydrogen (secondary N) is 2. The van der Waals surface area contributed by atoms with Gasteiger partial charge in [-0.2, -0.15) is 0 Å². The van der Waals surface area contributed by atoms with Crippen LogP contribution >= 0.6 is 0 Å². The van der Waals surface area contributed by atoms with Crippen LogP contribution in [0.15, 0.2) is 0 Å². The lowest BCUT2D eigenvalue weighted by atomic mass is 9.93. The lowest BCUT2D eigenvalue weighted by Crippen LogP contribution is -2.53. The summed E-state index contributed by atoms with van der Waals surface area (Å²) in [4.78, 5) is 26.3. The topological polar surface area (TPSA) is 61.4 Å². The fraction of sp³-hybridized carbons (Fsp3) is 0.875. The van der Waals surface area contributed by atoms with E-state index >= 15 is 0 Å². The van der Waals surface area contributed by atoms with E-state index in [1.54, 1.807) is 0 Å². The number of rotatable bonds is 2. The van der Waals surface area contributed by atoms with Crippen molar-refractivity contribution in [3.63, 3.8) is 0 Å². The van der Waals surface area contributed by atoms with Crippen LogP contribution in [0.2, 0.25) is 0 Å². The third kappa shape index (κ3) is 4.43. The van der Waals surface area contributed by atoms with Gasteiger partial charge in [-0.1, -0.05) is 27.2 Å². The van der Waals surface area contributed by atoms with Gasteiger partial charge < -0.3 is 15.5 Å². The van der Waals surface area contributed by atoms with Crippen molar-refractivity contribution in [1.82, 2.24) is 15.5 Å². The zero-order valence-corrected chi connectivity index (χ0v) is 13.6. The summed E-state index contributed by atoms with van der Waals surface area (Å²) in [6.07, 6.45) is 4.95. The molecular weight excluding hydrogens is 266 g/mol. The van der Waals surface area contributed by atoms with Crippen molar-refractivity contribution in [3.8, 4) is 0 Å². The Kier molecular flexibility index (Phi) is 5.25. The van der Waals surface area contributed by atoms with E-state index in [1.807, 2.05) is 25.7 Å². The summed E-state index contributed by atoms with van der Waals surface area (Å²) in [5.41, 5.74) is -0.317. The van der Waals surface area contributed by atoms with E-state index in [-0.39, 0.29) is 29.3 Å². The molecule has 0 aliphatic carbocycles. The van der Waals surface area contributed by atoms with Crippen LogP contribution in [-0.4, -0.2) is 48.4 Å². The third-order valence-corrected chi connectivity index (χ3v) is 4.40. The second-order valence-corrected chi connectivity index (χ2v) is 7.33. The van der Waals surface area contributed by atoms with Crippen molar-refractivity contribution >= 4 is 11.8 Å². The molecular formula is C16H29N3O2. The lowest BCUT2D eigenvalue weighted by Gasteiger charge is -2.36. The molecule has 0 aromatic rings. The second-order valence-electron chi connectivity index (χ2n) is 7.33. The standard InChI is InChI=1S/C16H29N3O2/c1-16(2,3)15(21)19-10-7-12(8-11-19)18-14(20)13-6-4-5-9-17-13/h12-13,17H,4-11H2,1-3H3,(H,18,20)/t13-/m1/s1. The SMILES string of the molecule is CC(C)(C)C(=O)N1CCC(NC(=O)[C@H]2CCCCN2)CC1. The van der Waals surface area contributed by atoms with Gasteiger partial charge in [0.15, 0.2) is 0 Å². The van der Waals surface area contributed by atoms with Gasteiger partial charge in [0.1, 0.15) is 0 Å². The van der Waals surface area contributed by atoms with E-state index in [9.17, 15) is 9.59 Å². The van der Waals surface area contributed by atoms with Crippen molar-refractivity contribution in [2.75, 3.05) is 19.6 Å². The average molecular weight is 295 g/mol. The van der Waals surface area contributed by atoms with Crippen LogP contribution in [0.3, 0.4) is 0 Å². The fourth-order valence-corrected chi connectivity index (χ4v) is 3.08. The monoisotopic (exact) mass is 295 g/mol. The number of hydrogen-bond donors (Lipinski definition) is 2. The molecule has 21 heavy (non-hydrogen) atoms. The molecule has 0 saturated carbocycles. The Hall–Kier alpha value is -1.10. The predicted molar refractivity (Wildman–Crippen MR) is 82.8 cm³/mol. The quantitative estimate of drug-likeness (QED) is 0.807. The van der Waals surface area contributed by atoms with Crippen LogP contribution in [0.25, 0.3) is 0 Å². The number of hydrogen-bond acceptors (Lipinski definition) is 3. The van der Waals surface area contributed by atoms with E-state index in [0.29, 0.717) is 0 Å². The highest BCUT2D eigenvalue weighted by molar-refractivity contribution is 5.82. The maximum absolute atomic E-state index is 12.2. The Labute approximate surface area is 127 Å². The molecule has 0 unspecified atom stereocenters. The van der Waals surface area contributed by atoms with Gasteiger partial charge in [-0.05, 0) is 32.2 Å². The molecule has 0 aromatic heterocycles. The highest BCUT2D eigenvalue weighted by Gasteiger charge is 2.31. The molecule has 2 heterocycles. The Morgan fingerprint density at radius 3 is 2.29 bits per heavy atom. The minimum Gasteiger partial charge on any atom is -0.352 e. The largest absolute Gasteiger partial charge is 0.352 e. The molecule has 2 rings (SSSR count). The average Bonchev–Trinajstić information content (AvgIpc) is 2.47. The van der Waals surface area contributed by atoms with Crippen LogP contribution in [0.4, 0.5) is 0 Å². The van der Waals surface area contributed by atoms with Gasteiger partial charge in [-0.3, -0.25) is 9.59 Å². The molecule has 2 N–H and O–H groups in total. The summed E-state index contributed by atoms with van der Waals surface area (Å²) >= 11 is 0. The molecule has 0 aromatic carbocycles. The van der Waals surface area contributed by atoms with E-state index < -0.39 is 0 Å². The number of carbonyl (C=O) groups is 2. The Morgan fingerprint density at radius 2 is 1.76 bits per heavy atom. The Bertz CT molecular complexity index is 375. The fourth-order valence-electron chi connectivity index (χ4n) is 3.08. The number of nitrogens with zero attached hydrogens (tertiary/aromatic N) is 1. The zero-order valence-electron chi connectivity index (χ0n) is 13.6. The molecule has 2 fully saturated rings. The molecule has 0 bridgehead atoms. The lowest BCUT2D eigenvalue weighted by molar-refractivity contribution is -0.140. The first-order valence-corrected chi connectivity index (χ1v) is 8.21. The van der Waals surface area contributed by atoms with Crippen LogP contribution in [0, 0.1) is 5.41 Å². The van der Waals surface area contributed by atoms with E-state index in [1.165, 1.54) is 0 Å². The van der Waals surface area contributed by atoms with Gasteiger partial charge >= 0.3 is 0 Å². The van der Waals surface area contributed by atoms with E-state index in [0.717, 1.165) is 51.7 Å². The van der Waals surface area contributed by atoms with Crippen LogP contribution in [-0.2, 0) is 9.59 Å². The van der Waals surface area contributed by atoms with Crippen LogP contribution in [0.1, 0.15) is 52.9 Å². The zero-order chi connectivity index (χ0) is 15.5. The van der Waals surface area contributed by atoms with Gasteiger partial charge in [0.25, 0.3) is 0 Å². The minimum atomic E-state index is -0.317. The number of carbonyl (C=O) groups excluding carboxylic acids is 2. The molecule has 2 saturated heterocycles. The van der Waals surface area contributed by atoms with Gasteiger partial charge in [0, 0.05) is 24.5 Å². The molecule has 5 heteroatoms. The number of likely N-dealkylation sites (tertiary alicyclic amines) is 1. The first-order chi connectivity index (χ1) is 9.88. The third-order valence-electron chi connectivity index (χ3n) is 4.40. The molecule has 0 radical (unpaired) electrons. The van der Waals surface area contributed by atoms with Crippen molar-refractivity contribution in [1.29, 1.82) is 0 Å². The van der Waals surface area contributed by atoms with E-state index in [2.05, 4.69) is 10.6 Å². The van der Waals surface area contributed by atoms with Gasteiger partial charge in [-0.25, -0.2) is 0 Å². The summed E-state index contributed by atoms with van der Waals surface area (Å²) in [6.45, 7) is 8.31. The normalized spacial score (nSPS) is 24.7. The highest BCUT2D eigenvalue weighted by Crippen LogP contribution is 2.21. The van der Waals surface area contributed by atoms with Crippen molar-refractivity contribution in [3.05, 3.63) is 0 Å². The molecule has 120 valence electrons. The number of amides is 2. The summed E-state index contributed by atoms with van der Waals surface area (Å²) in [5.74, 6) is 0.344. The van der Waals surface area contributed by atoms with Crippen molar-refractivity contribution in [2.24, 2.45) is 5.41 Å². The van der Waals surface area contributed by atoms with Crippen LogP contribution in [0.5, 0.6) is 0 Å². The summed E-state index contributed by atoms with van der Waals surface area (Å²) in [7, 11) is 0. The second kappa shape index (κ2) is 6.77. The first-order valence-electron chi connectivity index (χ1n) is 8.21. The van der Waals surface area contributed by atoms with Crippen molar-refractivity contribution in [2.45, 2.75) is 65.0 Å². The summed E-state index contributed by atoms with van der Waals surface area (Å²) in [5, 5.41) is 6.43. The van der Waals surface area contributed by atoms with Crippen molar-refractivity contribution < 1.29 is 9.59 Å². The van der Waals surface area contributed by atoms with Gasteiger partial charge in [0.05, 0.1) is 6.04 Å². The maximum Gasteiger partial charge on any atom is 0.237 e. The van der Waals surface area contributed by atoms with Gasteiger partial charge in [0.2, 0.25) is 11.8 Å². The molecule has 0 spiro atoms. The highest BCUT2D eigenvalue weighted by atomic mass is 16.2. The Morgan fingerprint density at radius 1 is 1.10 bits per heavy atom. The molecule has 5 nitrogen and oxygen atoms in total. The molecule has 2 aliphatic heterocycles. The Balaban J connectivity index is 1.76. The smallest absolute Gasteiger partial charge is 0.237 e. The minimum absolute atomic E-state index is 0.0204.